The molecule has 0 bridgehead atoms. The number of hydrogen-bond donors (Lipinski definition) is 7. The van der Waals surface area contributed by atoms with Gasteiger partial charge in [-0.15, -0.1) is 0 Å². The quantitative estimate of drug-likeness (QED) is 0.0929. The van der Waals surface area contributed by atoms with Crippen LogP contribution in [0, 0.1) is 0 Å². The predicted molar refractivity (Wildman–Crippen MR) is 179 cm³/mol. The van der Waals surface area contributed by atoms with Crippen LogP contribution in [0.4, 0.5) is 4.79 Å². The fourth-order valence-electron chi connectivity index (χ4n) is 2.80. The SMILES string of the molecule is CN(C)/N=C/c1ccccc1O.CN/N=C/c1ccccc1O.N/N=C/c1ccccc1O.NC(=O)NN=Cc1ccccn1. The Morgan fingerprint density at radius 2 is 1.22 bits per heavy atom. The average Bonchev–Trinajstić information content (AvgIpc) is 3.03. The van der Waals surface area contributed by atoms with Gasteiger partial charge in [0.2, 0.25) is 0 Å². The molecule has 0 fully saturated rings. The lowest BCUT2D eigenvalue weighted by Crippen LogP contribution is -2.24. The third-order valence-corrected chi connectivity index (χ3v) is 4.84. The van der Waals surface area contributed by atoms with Crippen molar-refractivity contribution >= 4 is 30.9 Å². The molecule has 9 N–H and O–H groups in total. The molecule has 0 atom stereocenters. The number of phenols is 3. The molecule has 0 unspecified atom stereocenters. The van der Waals surface area contributed by atoms with E-state index in [0.717, 1.165) is 5.56 Å². The minimum atomic E-state index is -0.692. The van der Waals surface area contributed by atoms with Crippen LogP contribution in [0.15, 0.2) is 118 Å². The second kappa shape index (κ2) is 22.2. The number of aromatic nitrogens is 1. The first-order valence-corrected chi connectivity index (χ1v) is 13.2. The topological polar surface area (TPSA) is 219 Å². The van der Waals surface area contributed by atoms with Crippen molar-refractivity contribution in [3.05, 3.63) is 120 Å². The largest absolute Gasteiger partial charge is 0.507 e. The van der Waals surface area contributed by atoms with Gasteiger partial charge in [-0.1, -0.05) is 42.5 Å². The number of urea groups is 1. The van der Waals surface area contributed by atoms with Crippen molar-refractivity contribution in [2.75, 3.05) is 21.1 Å². The van der Waals surface area contributed by atoms with Crippen LogP contribution >= 0.6 is 0 Å². The summed E-state index contributed by atoms with van der Waals surface area (Å²) in [5.41, 5.74) is 12.2. The lowest BCUT2D eigenvalue weighted by molar-refractivity contribution is 0.249. The summed E-state index contributed by atoms with van der Waals surface area (Å²) >= 11 is 0. The number of carbonyl (C=O) groups excluding carboxylic acids is 1. The number of nitrogens with one attached hydrogen (secondary N) is 2. The number of aromatic hydroxyl groups is 3. The number of benzene rings is 3. The normalized spacial score (nSPS) is 10.3. The Morgan fingerprint density at radius 3 is 1.64 bits per heavy atom. The van der Waals surface area contributed by atoms with Crippen LogP contribution < -0.4 is 22.4 Å². The maximum absolute atomic E-state index is 10.2. The third kappa shape index (κ3) is 17.2. The van der Waals surface area contributed by atoms with Gasteiger partial charge < -0.3 is 37.3 Å². The molecule has 0 saturated heterocycles. The zero-order valence-electron chi connectivity index (χ0n) is 25.1. The summed E-state index contributed by atoms with van der Waals surface area (Å²) in [5, 5.41) is 43.9. The summed E-state index contributed by atoms with van der Waals surface area (Å²) in [4.78, 5) is 14.1. The molecule has 4 aromatic rings. The second-order valence-electron chi connectivity index (χ2n) is 8.52. The van der Waals surface area contributed by atoms with Gasteiger partial charge in [0.15, 0.2) is 0 Å². The standard InChI is InChI=1S/C9H12N2O.C8H10N2O.C7H8N4O.C7H8N2O/c1-11(2)10-7-8-5-3-4-6-9(8)12;1-9-10-6-7-4-2-3-5-8(7)11;8-7(12)11-10-5-6-3-1-2-4-9-6;8-9-5-6-3-1-2-4-7(6)10/h3-7,12H,1-2H3;2-6,9,11H,1H3;1-5H,(H3,8,11,12);1-5,10H,8H2/b10-7+;10-6+;;9-5+. The average molecular weight is 615 g/mol. The highest BCUT2D eigenvalue weighted by Crippen LogP contribution is 2.13. The van der Waals surface area contributed by atoms with Crippen LogP contribution in [0.5, 0.6) is 17.2 Å². The van der Waals surface area contributed by atoms with Crippen LogP contribution in [0.1, 0.15) is 22.4 Å². The van der Waals surface area contributed by atoms with Crippen molar-refractivity contribution in [3.8, 4) is 17.2 Å². The maximum atomic E-state index is 10.2. The van der Waals surface area contributed by atoms with Crippen molar-refractivity contribution in [2.24, 2.45) is 32.0 Å². The summed E-state index contributed by atoms with van der Waals surface area (Å²) < 4.78 is 0. The summed E-state index contributed by atoms with van der Waals surface area (Å²) in [6, 6.07) is 25.6. The van der Waals surface area contributed by atoms with E-state index in [2.05, 4.69) is 36.2 Å². The highest BCUT2D eigenvalue weighted by atomic mass is 16.3. The number of hydrogen-bond acceptors (Lipinski definition) is 12. The van der Waals surface area contributed by atoms with Crippen LogP contribution in [-0.4, -0.2) is 77.3 Å². The van der Waals surface area contributed by atoms with Crippen molar-refractivity contribution in [1.29, 1.82) is 0 Å². The first kappa shape index (κ1) is 36.6. The van der Waals surface area contributed by atoms with Crippen LogP contribution in [-0.2, 0) is 0 Å². The number of nitrogens with two attached hydrogens (primary N) is 2. The number of carbonyl (C=O) groups is 1. The fourth-order valence-corrected chi connectivity index (χ4v) is 2.80. The smallest absolute Gasteiger partial charge is 0.332 e. The molecule has 0 spiro atoms. The van der Waals surface area contributed by atoms with Gasteiger partial charge in [-0.25, -0.2) is 10.2 Å². The number of para-hydroxylation sites is 3. The summed E-state index contributed by atoms with van der Waals surface area (Å²) in [6.45, 7) is 0. The molecule has 0 saturated carbocycles. The van der Waals surface area contributed by atoms with E-state index in [1.807, 2.05) is 38.4 Å². The van der Waals surface area contributed by atoms with Gasteiger partial charge >= 0.3 is 6.03 Å². The van der Waals surface area contributed by atoms with E-state index in [0.29, 0.717) is 16.8 Å². The zero-order chi connectivity index (χ0) is 33.3. The molecule has 14 heteroatoms. The van der Waals surface area contributed by atoms with Gasteiger partial charge in [0.1, 0.15) is 17.2 Å². The molecule has 2 amide bonds. The van der Waals surface area contributed by atoms with E-state index in [9.17, 15) is 15.0 Å². The molecule has 0 aliphatic heterocycles. The minimum Gasteiger partial charge on any atom is -0.507 e. The Balaban J connectivity index is 0.000000301. The first-order valence-electron chi connectivity index (χ1n) is 13.2. The van der Waals surface area contributed by atoms with E-state index in [1.54, 1.807) is 97.4 Å². The van der Waals surface area contributed by atoms with Crippen molar-refractivity contribution < 1.29 is 20.1 Å². The molecule has 236 valence electrons. The van der Waals surface area contributed by atoms with E-state index in [-0.39, 0.29) is 17.2 Å². The van der Waals surface area contributed by atoms with E-state index in [1.165, 1.54) is 12.4 Å². The second-order valence-corrected chi connectivity index (χ2v) is 8.52. The molecule has 0 radical (unpaired) electrons. The Hall–Kier alpha value is -6.44. The van der Waals surface area contributed by atoms with E-state index >= 15 is 0 Å². The third-order valence-electron chi connectivity index (χ3n) is 4.84. The number of nitrogens with zero attached hydrogens (tertiary/aromatic N) is 6. The van der Waals surface area contributed by atoms with Gasteiger partial charge in [-0.05, 0) is 48.5 Å². The molecular weight excluding hydrogens is 576 g/mol. The van der Waals surface area contributed by atoms with Gasteiger partial charge in [-0.3, -0.25) is 4.98 Å². The summed E-state index contributed by atoms with van der Waals surface area (Å²) in [5.74, 6) is 5.57. The molecule has 4 rings (SSSR count). The van der Waals surface area contributed by atoms with Gasteiger partial charge in [0, 0.05) is 44.0 Å². The summed E-state index contributed by atoms with van der Waals surface area (Å²) in [7, 11) is 5.36. The molecule has 0 aliphatic rings. The molecule has 1 aromatic heterocycles. The number of pyridine rings is 1. The van der Waals surface area contributed by atoms with Crippen LogP contribution in [0.25, 0.3) is 0 Å². The Kier molecular flexibility index (Phi) is 18.0. The molecule has 3 aromatic carbocycles. The first-order chi connectivity index (χ1) is 21.7. The van der Waals surface area contributed by atoms with Gasteiger partial charge in [0.25, 0.3) is 0 Å². The van der Waals surface area contributed by atoms with Crippen LogP contribution in [0.3, 0.4) is 0 Å². The predicted octanol–water partition coefficient (Wildman–Crippen LogP) is 3.00. The lowest BCUT2D eigenvalue weighted by atomic mass is 10.2. The molecule has 45 heavy (non-hydrogen) atoms. The zero-order valence-corrected chi connectivity index (χ0v) is 25.1. The van der Waals surface area contributed by atoms with Gasteiger partial charge in [0.05, 0.1) is 30.6 Å². The van der Waals surface area contributed by atoms with Crippen molar-refractivity contribution in [3.63, 3.8) is 0 Å². The molecule has 1 heterocycles. The number of amides is 2. The minimum absolute atomic E-state index is 0.191. The maximum Gasteiger partial charge on any atom is 0.332 e. The highest BCUT2D eigenvalue weighted by molar-refractivity contribution is 5.84. The molecule has 14 nitrogen and oxygen atoms in total. The van der Waals surface area contributed by atoms with Gasteiger partial charge in [-0.2, -0.15) is 20.4 Å². The monoisotopic (exact) mass is 614 g/mol. The number of phenolic OH excluding ortho intramolecular Hbond substituents is 3. The number of primary amides is 1. The van der Waals surface area contributed by atoms with E-state index < -0.39 is 6.03 Å². The van der Waals surface area contributed by atoms with Crippen LogP contribution in [0.2, 0.25) is 0 Å². The van der Waals surface area contributed by atoms with E-state index in [4.69, 9.17) is 16.7 Å². The Bertz CT molecular complexity index is 1530. The summed E-state index contributed by atoms with van der Waals surface area (Å²) in [6.07, 6.45) is 7.62. The van der Waals surface area contributed by atoms with Crippen molar-refractivity contribution in [2.45, 2.75) is 0 Å². The Labute approximate surface area is 261 Å². The van der Waals surface area contributed by atoms with Crippen molar-refractivity contribution in [1.82, 2.24) is 20.8 Å². The Morgan fingerprint density at radius 1 is 0.733 bits per heavy atom. The molecule has 0 aliphatic carbocycles. The highest BCUT2D eigenvalue weighted by Gasteiger charge is 1.95. The number of rotatable bonds is 7. The lowest BCUT2D eigenvalue weighted by Gasteiger charge is -2.02. The molecular formula is C31H38N10O4. The number of hydrazone groups is 4. The fraction of sp³-hybridized carbons (Fsp3) is 0.0968.